The van der Waals surface area contributed by atoms with E-state index in [0.29, 0.717) is 6.54 Å². The van der Waals surface area contributed by atoms with E-state index in [9.17, 15) is 4.79 Å². The van der Waals surface area contributed by atoms with Crippen LogP contribution in [0.2, 0.25) is 0 Å². The van der Waals surface area contributed by atoms with Crippen LogP contribution >= 0.6 is 0 Å². The SMILES string of the molecule is CCCCCCCCn1c(CNC(=O)C(CC)CC)nc2ccccc21. The Hall–Kier alpha value is -1.84. The van der Waals surface area contributed by atoms with Crippen molar-refractivity contribution in [3.05, 3.63) is 30.1 Å². The normalized spacial score (nSPS) is 11.4. The molecule has 0 aliphatic carbocycles. The zero-order chi connectivity index (χ0) is 18.8. The molecule has 0 saturated heterocycles. The van der Waals surface area contributed by atoms with Gasteiger partial charge in [0.05, 0.1) is 17.6 Å². The van der Waals surface area contributed by atoms with E-state index in [1.165, 1.54) is 37.6 Å². The van der Waals surface area contributed by atoms with Gasteiger partial charge in [0, 0.05) is 12.5 Å². The number of benzene rings is 1. The lowest BCUT2D eigenvalue weighted by Gasteiger charge is -2.14. The van der Waals surface area contributed by atoms with Crippen LogP contribution in [0.4, 0.5) is 0 Å². The minimum atomic E-state index is 0.103. The first-order chi connectivity index (χ1) is 12.7. The van der Waals surface area contributed by atoms with Crippen LogP contribution in [-0.4, -0.2) is 15.5 Å². The van der Waals surface area contributed by atoms with Crippen LogP contribution in [0, 0.1) is 5.92 Å². The lowest BCUT2D eigenvalue weighted by atomic mass is 10.0. The first-order valence-corrected chi connectivity index (χ1v) is 10.4. The summed E-state index contributed by atoms with van der Waals surface area (Å²) in [6, 6.07) is 8.27. The van der Waals surface area contributed by atoms with E-state index in [-0.39, 0.29) is 11.8 Å². The molecule has 0 saturated carbocycles. The number of para-hydroxylation sites is 2. The smallest absolute Gasteiger partial charge is 0.223 e. The van der Waals surface area contributed by atoms with Gasteiger partial charge in [-0.05, 0) is 31.4 Å². The minimum absolute atomic E-state index is 0.103. The summed E-state index contributed by atoms with van der Waals surface area (Å²) in [5, 5.41) is 3.10. The Balaban J connectivity index is 2.02. The second-order valence-electron chi connectivity index (χ2n) is 7.17. The quantitative estimate of drug-likeness (QED) is 0.513. The number of imidazole rings is 1. The van der Waals surface area contributed by atoms with E-state index in [2.05, 4.69) is 48.9 Å². The lowest BCUT2D eigenvalue weighted by Crippen LogP contribution is -2.30. The highest BCUT2D eigenvalue weighted by atomic mass is 16.1. The lowest BCUT2D eigenvalue weighted by molar-refractivity contribution is -0.125. The molecule has 0 aliphatic rings. The van der Waals surface area contributed by atoms with Gasteiger partial charge in [0.25, 0.3) is 0 Å². The molecule has 1 heterocycles. The maximum Gasteiger partial charge on any atom is 0.223 e. The first kappa shape index (κ1) is 20.5. The molecule has 0 bridgehead atoms. The van der Waals surface area contributed by atoms with Crippen LogP contribution in [0.25, 0.3) is 11.0 Å². The van der Waals surface area contributed by atoms with Gasteiger partial charge in [-0.1, -0.05) is 65.0 Å². The highest BCUT2D eigenvalue weighted by Gasteiger charge is 2.16. The standard InChI is InChI=1S/C22H35N3O/c1-4-7-8-9-10-13-16-25-20-15-12-11-14-19(20)24-21(25)17-23-22(26)18(5-2)6-3/h11-12,14-15,18H,4-10,13,16-17H2,1-3H3,(H,23,26). The summed E-state index contributed by atoms with van der Waals surface area (Å²) in [5.74, 6) is 1.22. The fraction of sp³-hybridized carbons (Fsp3) is 0.636. The van der Waals surface area contributed by atoms with Gasteiger partial charge < -0.3 is 9.88 Å². The Bertz CT molecular complexity index is 673. The van der Waals surface area contributed by atoms with Crippen molar-refractivity contribution >= 4 is 16.9 Å². The monoisotopic (exact) mass is 357 g/mol. The largest absolute Gasteiger partial charge is 0.349 e. The summed E-state index contributed by atoms with van der Waals surface area (Å²) in [7, 11) is 0. The molecular formula is C22H35N3O. The Labute approximate surface area is 158 Å². The van der Waals surface area contributed by atoms with Gasteiger partial charge in [0.1, 0.15) is 5.82 Å². The second kappa shape index (κ2) is 11.0. The Morgan fingerprint density at radius 3 is 2.46 bits per heavy atom. The van der Waals surface area contributed by atoms with E-state index in [1.54, 1.807) is 0 Å². The average molecular weight is 358 g/mol. The molecule has 0 unspecified atom stereocenters. The summed E-state index contributed by atoms with van der Waals surface area (Å²) in [6.45, 7) is 7.88. The van der Waals surface area contributed by atoms with Crippen molar-refractivity contribution in [1.29, 1.82) is 0 Å². The number of nitrogens with one attached hydrogen (secondary N) is 1. The topological polar surface area (TPSA) is 46.9 Å². The third kappa shape index (κ3) is 5.58. The fourth-order valence-electron chi connectivity index (χ4n) is 3.53. The molecule has 144 valence electrons. The molecule has 0 spiro atoms. The summed E-state index contributed by atoms with van der Waals surface area (Å²) < 4.78 is 2.29. The zero-order valence-corrected chi connectivity index (χ0v) is 16.8. The van der Waals surface area contributed by atoms with Crippen LogP contribution in [0.1, 0.15) is 78.0 Å². The van der Waals surface area contributed by atoms with Crippen molar-refractivity contribution in [3.8, 4) is 0 Å². The third-order valence-corrected chi connectivity index (χ3v) is 5.25. The van der Waals surface area contributed by atoms with Gasteiger partial charge in [-0.2, -0.15) is 0 Å². The number of aromatic nitrogens is 2. The minimum Gasteiger partial charge on any atom is -0.349 e. The van der Waals surface area contributed by atoms with E-state index < -0.39 is 0 Å². The molecule has 0 atom stereocenters. The highest BCUT2D eigenvalue weighted by Crippen LogP contribution is 2.18. The molecule has 4 nitrogen and oxygen atoms in total. The molecule has 26 heavy (non-hydrogen) atoms. The number of nitrogens with zero attached hydrogens (tertiary/aromatic N) is 2. The third-order valence-electron chi connectivity index (χ3n) is 5.25. The van der Waals surface area contributed by atoms with Crippen molar-refractivity contribution in [2.45, 2.75) is 85.2 Å². The number of hydrogen-bond acceptors (Lipinski definition) is 2. The summed E-state index contributed by atoms with van der Waals surface area (Å²) in [4.78, 5) is 17.1. The van der Waals surface area contributed by atoms with Crippen LogP contribution < -0.4 is 5.32 Å². The van der Waals surface area contributed by atoms with Crippen LogP contribution in [0.5, 0.6) is 0 Å². The van der Waals surface area contributed by atoms with Crippen LogP contribution in [0.15, 0.2) is 24.3 Å². The molecule has 4 heteroatoms. The average Bonchev–Trinajstić information content (AvgIpc) is 3.01. The van der Waals surface area contributed by atoms with Crippen molar-refractivity contribution in [3.63, 3.8) is 0 Å². The number of hydrogen-bond donors (Lipinski definition) is 1. The summed E-state index contributed by atoms with van der Waals surface area (Å²) in [6.07, 6.45) is 9.45. The van der Waals surface area contributed by atoms with Crippen molar-refractivity contribution in [1.82, 2.24) is 14.9 Å². The van der Waals surface area contributed by atoms with E-state index in [0.717, 1.165) is 37.1 Å². The molecule has 2 aromatic rings. The van der Waals surface area contributed by atoms with Gasteiger partial charge in [-0.15, -0.1) is 0 Å². The summed E-state index contributed by atoms with van der Waals surface area (Å²) >= 11 is 0. The maximum absolute atomic E-state index is 12.3. The molecule has 0 aliphatic heterocycles. The van der Waals surface area contributed by atoms with Crippen molar-refractivity contribution in [2.75, 3.05) is 0 Å². The van der Waals surface area contributed by atoms with Crippen LogP contribution in [0.3, 0.4) is 0 Å². The Kier molecular flexibility index (Phi) is 8.66. The molecule has 1 amide bonds. The predicted molar refractivity (Wildman–Crippen MR) is 109 cm³/mol. The first-order valence-electron chi connectivity index (χ1n) is 10.4. The molecular weight excluding hydrogens is 322 g/mol. The molecule has 0 fully saturated rings. The highest BCUT2D eigenvalue weighted by molar-refractivity contribution is 5.79. The number of amides is 1. The Morgan fingerprint density at radius 2 is 1.73 bits per heavy atom. The molecule has 1 aromatic carbocycles. The second-order valence-corrected chi connectivity index (χ2v) is 7.17. The number of aryl methyl sites for hydroxylation is 1. The van der Waals surface area contributed by atoms with Gasteiger partial charge >= 0.3 is 0 Å². The molecule has 2 rings (SSSR count). The van der Waals surface area contributed by atoms with E-state index >= 15 is 0 Å². The maximum atomic E-state index is 12.3. The van der Waals surface area contributed by atoms with Gasteiger partial charge in [0.2, 0.25) is 5.91 Å². The summed E-state index contributed by atoms with van der Waals surface area (Å²) in [5.41, 5.74) is 2.19. The Morgan fingerprint density at radius 1 is 1.04 bits per heavy atom. The number of fused-ring (bicyclic) bond motifs is 1. The van der Waals surface area contributed by atoms with Gasteiger partial charge in [-0.3, -0.25) is 4.79 Å². The molecule has 1 aromatic heterocycles. The number of unbranched alkanes of at least 4 members (excludes halogenated alkanes) is 5. The van der Waals surface area contributed by atoms with Crippen molar-refractivity contribution in [2.24, 2.45) is 5.92 Å². The van der Waals surface area contributed by atoms with E-state index in [4.69, 9.17) is 4.98 Å². The van der Waals surface area contributed by atoms with Crippen LogP contribution in [-0.2, 0) is 17.9 Å². The zero-order valence-electron chi connectivity index (χ0n) is 16.8. The van der Waals surface area contributed by atoms with E-state index in [1.807, 2.05) is 6.07 Å². The van der Waals surface area contributed by atoms with Crippen molar-refractivity contribution < 1.29 is 4.79 Å². The van der Waals surface area contributed by atoms with Gasteiger partial charge in [-0.25, -0.2) is 4.98 Å². The number of rotatable bonds is 12. The molecule has 1 N–H and O–H groups in total. The molecule has 0 radical (unpaired) electrons. The number of carbonyl (C=O) groups excluding carboxylic acids is 1. The number of carbonyl (C=O) groups is 1. The fourth-order valence-corrected chi connectivity index (χ4v) is 3.53. The van der Waals surface area contributed by atoms with Gasteiger partial charge in [0.15, 0.2) is 0 Å². The predicted octanol–water partition coefficient (Wildman–Crippen LogP) is 5.45.